The highest BCUT2D eigenvalue weighted by Crippen LogP contribution is 2.18. The topological polar surface area (TPSA) is 35.5 Å². The molecule has 1 rings (SSSR count). The molecule has 3 heteroatoms. The molecule has 0 bridgehead atoms. The van der Waals surface area contributed by atoms with E-state index in [0.717, 1.165) is 23.3 Å². The second-order valence-corrected chi connectivity index (χ2v) is 3.70. The largest absolute Gasteiger partial charge is 0.497 e. The van der Waals surface area contributed by atoms with Crippen LogP contribution in [-0.2, 0) is 4.74 Å². The van der Waals surface area contributed by atoms with Gasteiger partial charge in [0.15, 0.2) is 5.78 Å². The summed E-state index contributed by atoms with van der Waals surface area (Å²) >= 11 is 0. The Hall–Kier alpha value is -1.35. The molecule has 0 aliphatic rings. The molecule has 3 nitrogen and oxygen atoms in total. The molecule has 0 radical (unpaired) electrons. The Bertz CT molecular complexity index is 358. The fraction of sp³-hybridized carbons (Fsp3) is 0.462. The Balaban J connectivity index is 2.68. The van der Waals surface area contributed by atoms with Crippen molar-refractivity contribution in [2.45, 2.75) is 19.8 Å². The highest BCUT2D eigenvalue weighted by atomic mass is 16.5. The van der Waals surface area contributed by atoms with Gasteiger partial charge in [-0.3, -0.25) is 4.79 Å². The Morgan fingerprint density at radius 2 is 2.06 bits per heavy atom. The Morgan fingerprint density at radius 3 is 2.62 bits per heavy atom. The van der Waals surface area contributed by atoms with Crippen molar-refractivity contribution in [1.29, 1.82) is 0 Å². The lowest BCUT2D eigenvalue weighted by molar-refractivity contribution is 0.0963. The van der Waals surface area contributed by atoms with Crippen LogP contribution in [0.3, 0.4) is 0 Å². The summed E-state index contributed by atoms with van der Waals surface area (Å²) in [4.78, 5) is 11.8. The standard InChI is InChI=1S/C13H18O3/c1-10-9-11(16-3)6-7-12(10)13(14)5-4-8-15-2/h6-7,9H,4-5,8H2,1-3H3. The lowest BCUT2D eigenvalue weighted by Gasteiger charge is -2.07. The van der Waals surface area contributed by atoms with Gasteiger partial charge >= 0.3 is 0 Å². The van der Waals surface area contributed by atoms with Crippen LogP contribution in [0.15, 0.2) is 18.2 Å². The zero-order valence-corrected chi connectivity index (χ0v) is 10.1. The van der Waals surface area contributed by atoms with Crippen molar-refractivity contribution < 1.29 is 14.3 Å². The minimum absolute atomic E-state index is 0.164. The van der Waals surface area contributed by atoms with Crippen LogP contribution in [0.4, 0.5) is 0 Å². The number of rotatable bonds is 6. The van der Waals surface area contributed by atoms with Gasteiger partial charge in [-0.15, -0.1) is 0 Å². The molecule has 0 saturated carbocycles. The number of methoxy groups -OCH3 is 2. The maximum absolute atomic E-state index is 11.8. The van der Waals surface area contributed by atoms with Gasteiger partial charge in [-0.05, 0) is 37.1 Å². The summed E-state index contributed by atoms with van der Waals surface area (Å²) in [5.41, 5.74) is 1.73. The number of hydrogen-bond donors (Lipinski definition) is 0. The average Bonchev–Trinajstić information content (AvgIpc) is 2.29. The van der Waals surface area contributed by atoms with Crippen LogP contribution in [0.1, 0.15) is 28.8 Å². The third-order valence-electron chi connectivity index (χ3n) is 2.49. The van der Waals surface area contributed by atoms with E-state index in [4.69, 9.17) is 9.47 Å². The summed E-state index contributed by atoms with van der Waals surface area (Å²) in [6, 6.07) is 5.52. The molecule has 0 heterocycles. The zero-order valence-electron chi connectivity index (χ0n) is 10.1. The van der Waals surface area contributed by atoms with E-state index in [-0.39, 0.29) is 5.78 Å². The number of ether oxygens (including phenoxy) is 2. The number of carbonyl (C=O) groups excluding carboxylic acids is 1. The van der Waals surface area contributed by atoms with Crippen molar-refractivity contribution in [2.75, 3.05) is 20.8 Å². The van der Waals surface area contributed by atoms with Crippen LogP contribution >= 0.6 is 0 Å². The first-order valence-corrected chi connectivity index (χ1v) is 5.36. The lowest BCUT2D eigenvalue weighted by atomic mass is 10.0. The highest BCUT2D eigenvalue weighted by molar-refractivity contribution is 5.97. The van der Waals surface area contributed by atoms with Crippen molar-refractivity contribution in [1.82, 2.24) is 0 Å². The summed E-state index contributed by atoms with van der Waals surface area (Å²) in [5.74, 6) is 0.947. The number of benzene rings is 1. The van der Waals surface area contributed by atoms with Crippen LogP contribution in [-0.4, -0.2) is 26.6 Å². The van der Waals surface area contributed by atoms with Gasteiger partial charge in [0.25, 0.3) is 0 Å². The normalized spacial score (nSPS) is 10.2. The molecule has 16 heavy (non-hydrogen) atoms. The van der Waals surface area contributed by atoms with Crippen molar-refractivity contribution in [3.63, 3.8) is 0 Å². The molecule has 0 saturated heterocycles. The molecule has 0 unspecified atom stereocenters. The molecule has 0 amide bonds. The van der Waals surface area contributed by atoms with E-state index >= 15 is 0 Å². The fourth-order valence-corrected chi connectivity index (χ4v) is 1.59. The molecule has 0 aliphatic heterocycles. The van der Waals surface area contributed by atoms with Crippen LogP contribution in [0.5, 0.6) is 5.75 Å². The number of aryl methyl sites for hydroxylation is 1. The van der Waals surface area contributed by atoms with Gasteiger partial charge in [0.1, 0.15) is 5.75 Å². The summed E-state index contributed by atoms with van der Waals surface area (Å²) in [5, 5.41) is 0. The van der Waals surface area contributed by atoms with Crippen LogP contribution in [0, 0.1) is 6.92 Å². The van der Waals surface area contributed by atoms with E-state index in [2.05, 4.69) is 0 Å². The van der Waals surface area contributed by atoms with Crippen molar-refractivity contribution in [3.8, 4) is 5.75 Å². The first-order valence-electron chi connectivity index (χ1n) is 5.36. The van der Waals surface area contributed by atoms with Crippen molar-refractivity contribution in [2.24, 2.45) is 0 Å². The summed E-state index contributed by atoms with van der Waals surface area (Å²) in [7, 11) is 3.26. The van der Waals surface area contributed by atoms with Gasteiger partial charge in [-0.2, -0.15) is 0 Å². The Labute approximate surface area is 96.4 Å². The molecule has 0 aliphatic carbocycles. The van der Waals surface area contributed by atoms with Gasteiger partial charge in [-0.1, -0.05) is 0 Å². The third kappa shape index (κ3) is 3.35. The highest BCUT2D eigenvalue weighted by Gasteiger charge is 2.09. The first-order chi connectivity index (χ1) is 7.69. The fourth-order valence-electron chi connectivity index (χ4n) is 1.59. The minimum Gasteiger partial charge on any atom is -0.497 e. The Morgan fingerprint density at radius 1 is 1.31 bits per heavy atom. The predicted octanol–water partition coefficient (Wildman–Crippen LogP) is 2.61. The van der Waals surface area contributed by atoms with E-state index in [1.54, 1.807) is 14.2 Å². The SMILES string of the molecule is COCCCC(=O)c1ccc(OC)cc1C. The maximum Gasteiger partial charge on any atom is 0.163 e. The molecule has 88 valence electrons. The van der Waals surface area contributed by atoms with Gasteiger partial charge in [0, 0.05) is 25.7 Å². The molecule has 0 atom stereocenters. The van der Waals surface area contributed by atoms with E-state index in [1.165, 1.54) is 0 Å². The van der Waals surface area contributed by atoms with Crippen LogP contribution in [0.25, 0.3) is 0 Å². The van der Waals surface area contributed by atoms with E-state index in [0.29, 0.717) is 13.0 Å². The molecule has 0 N–H and O–H groups in total. The predicted molar refractivity (Wildman–Crippen MR) is 63.2 cm³/mol. The number of Topliss-reactive ketones (excluding diaryl/α,β-unsaturated/α-hetero) is 1. The van der Waals surface area contributed by atoms with E-state index in [9.17, 15) is 4.79 Å². The van der Waals surface area contributed by atoms with Gasteiger partial charge in [-0.25, -0.2) is 0 Å². The quantitative estimate of drug-likeness (QED) is 0.548. The van der Waals surface area contributed by atoms with Gasteiger partial charge < -0.3 is 9.47 Å². The van der Waals surface area contributed by atoms with Gasteiger partial charge in [0.05, 0.1) is 7.11 Å². The smallest absolute Gasteiger partial charge is 0.163 e. The number of ketones is 1. The third-order valence-corrected chi connectivity index (χ3v) is 2.49. The second-order valence-electron chi connectivity index (χ2n) is 3.70. The molecular formula is C13H18O3. The second kappa shape index (κ2) is 6.28. The zero-order chi connectivity index (χ0) is 12.0. The Kier molecular flexibility index (Phi) is 4.99. The maximum atomic E-state index is 11.8. The summed E-state index contributed by atoms with van der Waals surface area (Å²) < 4.78 is 10.0. The van der Waals surface area contributed by atoms with Crippen molar-refractivity contribution >= 4 is 5.78 Å². The molecule has 0 spiro atoms. The van der Waals surface area contributed by atoms with Crippen molar-refractivity contribution in [3.05, 3.63) is 29.3 Å². The molecular weight excluding hydrogens is 204 g/mol. The minimum atomic E-state index is 0.164. The summed E-state index contributed by atoms with van der Waals surface area (Å²) in [6.45, 7) is 2.55. The summed E-state index contributed by atoms with van der Waals surface area (Å²) in [6.07, 6.45) is 1.29. The molecule has 1 aromatic rings. The molecule has 0 aromatic heterocycles. The monoisotopic (exact) mass is 222 g/mol. The van der Waals surface area contributed by atoms with E-state index < -0.39 is 0 Å². The van der Waals surface area contributed by atoms with Crippen LogP contribution in [0.2, 0.25) is 0 Å². The molecule has 0 fully saturated rings. The first kappa shape index (κ1) is 12.7. The molecule has 1 aromatic carbocycles. The average molecular weight is 222 g/mol. The lowest BCUT2D eigenvalue weighted by Crippen LogP contribution is -2.03. The van der Waals surface area contributed by atoms with Crippen LogP contribution < -0.4 is 4.74 Å². The number of hydrogen-bond acceptors (Lipinski definition) is 3. The van der Waals surface area contributed by atoms with Gasteiger partial charge in [0.2, 0.25) is 0 Å². The van der Waals surface area contributed by atoms with E-state index in [1.807, 2.05) is 25.1 Å². The number of carbonyl (C=O) groups is 1.